The van der Waals surface area contributed by atoms with E-state index in [1.54, 1.807) is 17.0 Å². The Balaban J connectivity index is 1.35. The molecule has 1 unspecified atom stereocenters. The molecule has 3 aromatic rings. The van der Waals surface area contributed by atoms with Crippen molar-refractivity contribution in [3.05, 3.63) is 64.7 Å². The number of hydrogen-bond donors (Lipinski definition) is 3. The van der Waals surface area contributed by atoms with E-state index in [1.807, 2.05) is 59.7 Å². The van der Waals surface area contributed by atoms with Gasteiger partial charge in [-0.3, -0.25) is 4.72 Å². The molecule has 0 bridgehead atoms. The zero-order chi connectivity index (χ0) is 39.6. The van der Waals surface area contributed by atoms with Crippen molar-refractivity contribution in [3.63, 3.8) is 0 Å². The molecule has 2 aliphatic rings. The van der Waals surface area contributed by atoms with Gasteiger partial charge in [-0.25, -0.2) is 14.6 Å². The summed E-state index contributed by atoms with van der Waals surface area (Å²) in [6, 6.07) is 11.7. The fourth-order valence-corrected chi connectivity index (χ4v) is 7.96. The first-order chi connectivity index (χ1) is 25.2. The molecule has 0 radical (unpaired) electrons. The van der Waals surface area contributed by atoms with Gasteiger partial charge in [0.25, 0.3) is 0 Å². The largest absolute Gasteiger partial charge is 0.478 e. The minimum atomic E-state index is -4.42. The number of ether oxygens (including phenoxy) is 2. The lowest BCUT2D eigenvalue weighted by atomic mass is 9.60. The number of likely N-dealkylation sites (tertiary alicyclic amines) is 1. The summed E-state index contributed by atoms with van der Waals surface area (Å²) in [5, 5.41) is 12.9. The van der Waals surface area contributed by atoms with Gasteiger partial charge in [-0.1, -0.05) is 38.1 Å². The highest BCUT2D eigenvalue weighted by Crippen LogP contribution is 2.50. The minimum absolute atomic E-state index is 0.00239. The molecule has 294 valence electrons. The van der Waals surface area contributed by atoms with Crippen LogP contribution in [0.1, 0.15) is 93.8 Å². The summed E-state index contributed by atoms with van der Waals surface area (Å²) in [5.74, 6) is -0.603. The third-order valence-electron chi connectivity index (χ3n) is 10.4. The van der Waals surface area contributed by atoms with Crippen LogP contribution in [0.4, 0.5) is 23.9 Å². The molecule has 1 amide bonds. The number of nitrogens with zero attached hydrogens (tertiary/aromatic N) is 3. The van der Waals surface area contributed by atoms with Crippen LogP contribution in [0.3, 0.4) is 0 Å². The number of hydrogen-bond acceptors (Lipinski definition) is 9. The van der Waals surface area contributed by atoms with E-state index in [4.69, 9.17) is 14.5 Å². The summed E-state index contributed by atoms with van der Waals surface area (Å²) in [4.78, 5) is 36.0. The van der Waals surface area contributed by atoms with Gasteiger partial charge >= 0.3 is 18.2 Å². The van der Waals surface area contributed by atoms with Crippen LogP contribution in [0.2, 0.25) is 0 Å². The molecule has 1 aliphatic heterocycles. The summed E-state index contributed by atoms with van der Waals surface area (Å²) in [6.07, 6.45) is -1.71. The normalized spacial score (nSPS) is 16.8. The van der Waals surface area contributed by atoms with Crippen LogP contribution >= 0.6 is 11.9 Å². The number of aromatic carboxylic acids is 1. The topological polar surface area (TPSA) is 126 Å². The van der Waals surface area contributed by atoms with Gasteiger partial charge in [-0.15, -0.1) is 0 Å². The number of alkyl halides is 3. The average Bonchev–Trinajstić information content (AvgIpc) is 3.05. The maximum atomic E-state index is 14.2. The zero-order valence-electron chi connectivity index (χ0n) is 32.3. The van der Waals surface area contributed by atoms with Crippen LogP contribution in [0, 0.1) is 31.6 Å². The number of aromatic nitrogens is 2. The Morgan fingerprint density at radius 1 is 1.00 bits per heavy atom. The van der Waals surface area contributed by atoms with Gasteiger partial charge in [-0.2, -0.15) is 18.2 Å². The van der Waals surface area contributed by atoms with Crippen molar-refractivity contribution in [3.8, 4) is 17.1 Å². The lowest BCUT2D eigenvalue weighted by Crippen LogP contribution is -2.58. The molecule has 14 heteroatoms. The van der Waals surface area contributed by atoms with Crippen LogP contribution in [-0.2, 0) is 4.74 Å². The Morgan fingerprint density at radius 3 is 2.22 bits per heavy atom. The summed E-state index contributed by atoms with van der Waals surface area (Å²) in [5.41, 5.74) is 1.75. The number of carbonyl (C=O) groups is 2. The number of aryl methyl sites for hydroxylation is 2. The van der Waals surface area contributed by atoms with Crippen molar-refractivity contribution in [1.29, 1.82) is 0 Å². The molecule has 1 aromatic heterocycles. The van der Waals surface area contributed by atoms with Gasteiger partial charge in [0, 0.05) is 41.2 Å². The summed E-state index contributed by atoms with van der Waals surface area (Å²) in [7, 11) is 0. The number of carboxylic acid groups (broad SMARTS) is 1. The first-order valence-electron chi connectivity index (χ1n) is 18.3. The Labute approximate surface area is 320 Å². The number of anilines is 1. The molecule has 1 saturated carbocycles. The molecule has 1 saturated heterocycles. The molecular weight excluding hydrogens is 720 g/mol. The van der Waals surface area contributed by atoms with Gasteiger partial charge in [-0.05, 0) is 120 Å². The van der Waals surface area contributed by atoms with E-state index in [0.29, 0.717) is 29.2 Å². The number of halogens is 3. The number of amides is 1. The summed E-state index contributed by atoms with van der Waals surface area (Å²) in [6.45, 7) is 14.9. The fraction of sp³-hybridized carbons (Fsp3) is 0.550. The van der Waals surface area contributed by atoms with Gasteiger partial charge in [0.15, 0.2) is 0 Å². The molecule has 1 atom stereocenters. The first kappa shape index (κ1) is 41.1. The van der Waals surface area contributed by atoms with Crippen LogP contribution in [0.25, 0.3) is 11.3 Å². The number of rotatable bonds is 12. The summed E-state index contributed by atoms with van der Waals surface area (Å²) >= 11 is 1.14. The van der Waals surface area contributed by atoms with Crippen molar-refractivity contribution in [2.75, 3.05) is 24.4 Å². The van der Waals surface area contributed by atoms with Crippen LogP contribution in [0.5, 0.6) is 5.88 Å². The Bertz CT molecular complexity index is 1810. The highest BCUT2D eigenvalue weighted by molar-refractivity contribution is 8.00. The van der Waals surface area contributed by atoms with Gasteiger partial charge < -0.3 is 24.8 Å². The second-order valence-electron chi connectivity index (χ2n) is 16.5. The van der Waals surface area contributed by atoms with Crippen LogP contribution < -0.4 is 14.8 Å². The molecule has 2 heterocycles. The van der Waals surface area contributed by atoms with E-state index in [0.717, 1.165) is 54.3 Å². The molecule has 2 fully saturated rings. The predicted octanol–water partition coefficient (Wildman–Crippen LogP) is 9.38. The van der Waals surface area contributed by atoms with Crippen molar-refractivity contribution in [1.82, 2.24) is 20.2 Å². The molecule has 3 N–H and O–H groups in total. The SMILES string of the molecule is Cc1cccc(C)c1-c1nc(NSc2cccc(C(=O)O)c2)nc(OCC(CC(C)(C)C(F)(F)F)NC2CC3(CCN(C(=O)OC(C)(C)C)CC3)C2)c1C. The molecule has 5 rings (SSSR count). The lowest BCUT2D eigenvalue weighted by Gasteiger charge is -2.53. The van der Waals surface area contributed by atoms with E-state index in [-0.39, 0.29) is 48.0 Å². The Hall–Kier alpha value is -4.04. The molecule has 1 spiro atoms. The van der Waals surface area contributed by atoms with Crippen LogP contribution in [0.15, 0.2) is 47.4 Å². The highest BCUT2D eigenvalue weighted by Gasteiger charge is 2.50. The quantitative estimate of drug-likeness (QED) is 0.153. The number of carbonyl (C=O) groups excluding carboxylic acids is 1. The monoisotopic (exact) mass is 771 g/mol. The van der Waals surface area contributed by atoms with Gasteiger partial charge in [0.1, 0.15) is 12.2 Å². The molecule has 2 aromatic carbocycles. The molecular formula is C40H52F3N5O5S. The Kier molecular flexibility index (Phi) is 12.2. The van der Waals surface area contributed by atoms with E-state index < -0.39 is 29.2 Å². The van der Waals surface area contributed by atoms with E-state index in [9.17, 15) is 27.9 Å². The standard InChI is InChI=1S/C40H52F3N5O5S/c1-24-11-9-12-25(2)31(24)32-26(3)33(46-35(45-32)47-54-30-14-10-13-27(19-30)34(49)50)52-23-29(20-38(7,8)40(41,42)43)44-28-21-39(22-28)15-17-48(18-16-39)36(51)53-37(4,5)6/h9-14,19,28-29,44H,15-18,20-23H2,1-8H3,(H,49,50)(H,45,46,47). The van der Waals surface area contributed by atoms with E-state index >= 15 is 0 Å². The maximum absolute atomic E-state index is 14.2. The van der Waals surface area contributed by atoms with Crippen molar-refractivity contribution >= 4 is 30.0 Å². The number of carboxylic acids is 1. The smallest absolute Gasteiger partial charge is 0.410 e. The second kappa shape index (κ2) is 16.0. The third-order valence-corrected chi connectivity index (χ3v) is 11.2. The predicted molar refractivity (Wildman–Crippen MR) is 204 cm³/mol. The maximum Gasteiger partial charge on any atom is 0.410 e. The second-order valence-corrected chi connectivity index (χ2v) is 17.3. The van der Waals surface area contributed by atoms with E-state index in [2.05, 4.69) is 15.0 Å². The minimum Gasteiger partial charge on any atom is -0.478 e. The van der Waals surface area contributed by atoms with Crippen molar-refractivity contribution in [2.24, 2.45) is 10.8 Å². The molecule has 54 heavy (non-hydrogen) atoms. The van der Waals surface area contributed by atoms with Crippen molar-refractivity contribution < 1.29 is 37.3 Å². The van der Waals surface area contributed by atoms with Gasteiger partial charge in [0.05, 0.1) is 16.7 Å². The van der Waals surface area contributed by atoms with E-state index in [1.165, 1.54) is 26.0 Å². The molecule has 10 nitrogen and oxygen atoms in total. The lowest BCUT2D eigenvalue weighted by molar-refractivity contribution is -0.216. The first-order valence-corrected chi connectivity index (χ1v) is 19.1. The zero-order valence-corrected chi connectivity index (χ0v) is 33.1. The van der Waals surface area contributed by atoms with Gasteiger partial charge in [0.2, 0.25) is 11.8 Å². The number of piperidine rings is 1. The Morgan fingerprint density at radius 2 is 1.63 bits per heavy atom. The fourth-order valence-electron chi connectivity index (χ4n) is 7.32. The number of nitrogens with one attached hydrogen (secondary N) is 2. The summed E-state index contributed by atoms with van der Waals surface area (Å²) < 4.78 is 57.7. The number of benzene rings is 2. The van der Waals surface area contributed by atoms with Crippen LogP contribution in [-0.4, -0.2) is 75.6 Å². The van der Waals surface area contributed by atoms with Crippen molar-refractivity contribution in [2.45, 2.75) is 116 Å². The third kappa shape index (κ3) is 9.98. The average molecular weight is 772 g/mol. The highest BCUT2D eigenvalue weighted by atomic mass is 32.2. The molecule has 1 aliphatic carbocycles.